The molecule has 1 aromatic carbocycles. The standard InChI is InChI=1S/C14H21BrO3S/c1-14(2,8-3-4-9-19(16,17)18)11-12-6-5-7-13(15)10-12/h5-7,10H,3-4,8-9,11H2,1-2H3,(H,16,17,18). The fourth-order valence-electron chi connectivity index (χ4n) is 2.18. The van der Waals surface area contributed by atoms with Gasteiger partial charge in [-0.2, -0.15) is 8.42 Å². The van der Waals surface area contributed by atoms with E-state index in [2.05, 4.69) is 41.9 Å². The normalized spacial score (nSPS) is 12.6. The monoisotopic (exact) mass is 348 g/mol. The maximum absolute atomic E-state index is 10.6. The van der Waals surface area contributed by atoms with Gasteiger partial charge in [-0.25, -0.2) is 0 Å². The van der Waals surface area contributed by atoms with Crippen molar-refractivity contribution < 1.29 is 13.0 Å². The van der Waals surface area contributed by atoms with Crippen LogP contribution in [0.3, 0.4) is 0 Å². The summed E-state index contributed by atoms with van der Waals surface area (Å²) in [6.07, 6.45) is 3.22. The van der Waals surface area contributed by atoms with E-state index in [1.165, 1.54) is 5.56 Å². The van der Waals surface area contributed by atoms with Crippen LogP contribution in [0.5, 0.6) is 0 Å². The Morgan fingerprint density at radius 2 is 1.95 bits per heavy atom. The largest absolute Gasteiger partial charge is 0.286 e. The molecule has 0 aliphatic carbocycles. The summed E-state index contributed by atoms with van der Waals surface area (Å²) in [5.74, 6) is -0.139. The van der Waals surface area contributed by atoms with Crippen molar-refractivity contribution in [2.75, 3.05) is 5.75 Å². The fourth-order valence-corrected chi connectivity index (χ4v) is 3.19. The van der Waals surface area contributed by atoms with Crippen LogP contribution in [-0.2, 0) is 16.5 Å². The molecule has 0 unspecified atom stereocenters. The zero-order valence-electron chi connectivity index (χ0n) is 11.4. The molecule has 0 radical (unpaired) electrons. The van der Waals surface area contributed by atoms with Crippen LogP contribution in [-0.4, -0.2) is 18.7 Å². The van der Waals surface area contributed by atoms with Gasteiger partial charge in [0.25, 0.3) is 10.1 Å². The summed E-state index contributed by atoms with van der Waals surface area (Å²) < 4.78 is 31.0. The third-order valence-electron chi connectivity index (χ3n) is 3.08. The van der Waals surface area contributed by atoms with Crippen molar-refractivity contribution in [1.82, 2.24) is 0 Å². The Morgan fingerprint density at radius 1 is 1.26 bits per heavy atom. The summed E-state index contributed by atoms with van der Waals surface area (Å²) in [5.41, 5.74) is 1.40. The van der Waals surface area contributed by atoms with Crippen LogP contribution in [0.2, 0.25) is 0 Å². The smallest absolute Gasteiger partial charge is 0.264 e. The van der Waals surface area contributed by atoms with E-state index >= 15 is 0 Å². The average Bonchev–Trinajstić information content (AvgIpc) is 2.22. The molecule has 0 heterocycles. The zero-order chi connectivity index (χ0) is 14.5. The number of rotatable bonds is 7. The Balaban J connectivity index is 2.43. The van der Waals surface area contributed by atoms with Gasteiger partial charge in [0.05, 0.1) is 5.75 Å². The van der Waals surface area contributed by atoms with Crippen LogP contribution < -0.4 is 0 Å². The molecule has 1 N–H and O–H groups in total. The highest BCUT2D eigenvalue weighted by Gasteiger charge is 2.18. The lowest BCUT2D eigenvalue weighted by Crippen LogP contribution is -2.15. The first kappa shape index (κ1) is 16.7. The number of unbranched alkanes of at least 4 members (excludes halogenated alkanes) is 1. The molecule has 0 bridgehead atoms. The topological polar surface area (TPSA) is 54.4 Å². The Kier molecular flexibility index (Phi) is 6.02. The van der Waals surface area contributed by atoms with E-state index in [9.17, 15) is 8.42 Å². The van der Waals surface area contributed by atoms with Gasteiger partial charge in [-0.15, -0.1) is 0 Å². The van der Waals surface area contributed by atoms with Gasteiger partial charge in [0.1, 0.15) is 0 Å². The van der Waals surface area contributed by atoms with Gasteiger partial charge in [0.15, 0.2) is 0 Å². The zero-order valence-corrected chi connectivity index (χ0v) is 13.8. The molecule has 0 amide bonds. The molecule has 1 aromatic rings. The molecule has 0 aromatic heterocycles. The second-order valence-electron chi connectivity index (χ2n) is 5.71. The van der Waals surface area contributed by atoms with Crippen LogP contribution in [0.15, 0.2) is 28.7 Å². The minimum absolute atomic E-state index is 0.125. The van der Waals surface area contributed by atoms with E-state index in [1.54, 1.807) is 0 Å². The first-order valence-electron chi connectivity index (χ1n) is 6.38. The molecular weight excluding hydrogens is 328 g/mol. The Hall–Kier alpha value is -0.390. The predicted octanol–water partition coefficient (Wildman–Crippen LogP) is 4.08. The highest BCUT2D eigenvalue weighted by atomic mass is 79.9. The fraction of sp³-hybridized carbons (Fsp3) is 0.571. The number of halogens is 1. The molecule has 5 heteroatoms. The molecular formula is C14H21BrO3S. The van der Waals surface area contributed by atoms with E-state index in [0.29, 0.717) is 6.42 Å². The number of hydrogen-bond acceptors (Lipinski definition) is 2. The van der Waals surface area contributed by atoms with Crippen molar-refractivity contribution in [3.8, 4) is 0 Å². The van der Waals surface area contributed by atoms with Crippen LogP contribution in [0, 0.1) is 5.41 Å². The average molecular weight is 349 g/mol. The lowest BCUT2D eigenvalue weighted by Gasteiger charge is -2.24. The summed E-state index contributed by atoms with van der Waals surface area (Å²) in [5, 5.41) is 0. The highest BCUT2D eigenvalue weighted by Crippen LogP contribution is 2.29. The number of hydrogen-bond donors (Lipinski definition) is 1. The molecule has 0 saturated heterocycles. The summed E-state index contributed by atoms with van der Waals surface area (Å²) in [6.45, 7) is 4.36. The minimum atomic E-state index is -3.81. The summed E-state index contributed by atoms with van der Waals surface area (Å²) in [4.78, 5) is 0. The van der Waals surface area contributed by atoms with Crippen molar-refractivity contribution >= 4 is 26.0 Å². The summed E-state index contributed by atoms with van der Waals surface area (Å²) in [6, 6.07) is 8.24. The van der Waals surface area contributed by atoms with E-state index in [1.807, 2.05) is 12.1 Å². The van der Waals surface area contributed by atoms with Gasteiger partial charge >= 0.3 is 0 Å². The van der Waals surface area contributed by atoms with Crippen molar-refractivity contribution in [3.05, 3.63) is 34.3 Å². The van der Waals surface area contributed by atoms with Gasteiger partial charge in [0, 0.05) is 4.47 Å². The van der Waals surface area contributed by atoms with Crippen LogP contribution >= 0.6 is 15.9 Å². The van der Waals surface area contributed by atoms with Gasteiger partial charge in [-0.05, 0) is 42.4 Å². The van der Waals surface area contributed by atoms with Crippen LogP contribution in [0.1, 0.15) is 38.7 Å². The lowest BCUT2D eigenvalue weighted by atomic mass is 9.81. The molecule has 0 saturated carbocycles. The molecule has 0 spiro atoms. The summed E-state index contributed by atoms with van der Waals surface area (Å²) >= 11 is 3.46. The van der Waals surface area contributed by atoms with Crippen LogP contribution in [0.4, 0.5) is 0 Å². The molecule has 1 rings (SSSR count). The SMILES string of the molecule is CC(C)(CCCCS(=O)(=O)O)Cc1cccc(Br)c1. The first-order valence-corrected chi connectivity index (χ1v) is 8.78. The van der Waals surface area contributed by atoms with Gasteiger partial charge in [-0.1, -0.05) is 48.3 Å². The van der Waals surface area contributed by atoms with Crippen molar-refractivity contribution in [3.63, 3.8) is 0 Å². The van der Waals surface area contributed by atoms with Crippen molar-refractivity contribution in [2.24, 2.45) is 5.41 Å². The number of benzene rings is 1. The Morgan fingerprint density at radius 3 is 2.53 bits per heavy atom. The van der Waals surface area contributed by atoms with Gasteiger partial charge < -0.3 is 0 Å². The van der Waals surface area contributed by atoms with Gasteiger partial charge in [0.2, 0.25) is 0 Å². The van der Waals surface area contributed by atoms with Gasteiger partial charge in [-0.3, -0.25) is 4.55 Å². The molecule has 0 aliphatic rings. The third-order valence-corrected chi connectivity index (χ3v) is 4.38. The maximum atomic E-state index is 10.6. The lowest BCUT2D eigenvalue weighted by molar-refractivity contribution is 0.321. The molecule has 0 atom stereocenters. The molecule has 0 aliphatic heterocycles. The first-order chi connectivity index (χ1) is 8.68. The van der Waals surface area contributed by atoms with E-state index in [-0.39, 0.29) is 11.2 Å². The third kappa shape index (κ3) is 7.70. The second kappa shape index (κ2) is 6.86. The maximum Gasteiger partial charge on any atom is 0.264 e. The van der Waals surface area contributed by atoms with E-state index in [0.717, 1.165) is 23.7 Å². The quantitative estimate of drug-likeness (QED) is 0.596. The Labute approximate surface area is 124 Å². The second-order valence-corrected chi connectivity index (χ2v) is 8.20. The van der Waals surface area contributed by atoms with E-state index in [4.69, 9.17) is 4.55 Å². The molecule has 108 valence electrons. The minimum Gasteiger partial charge on any atom is -0.286 e. The summed E-state index contributed by atoms with van der Waals surface area (Å²) in [7, 11) is -3.81. The van der Waals surface area contributed by atoms with Crippen molar-refractivity contribution in [1.29, 1.82) is 0 Å². The van der Waals surface area contributed by atoms with E-state index < -0.39 is 10.1 Å². The van der Waals surface area contributed by atoms with Crippen molar-refractivity contribution in [2.45, 2.75) is 39.5 Å². The van der Waals surface area contributed by atoms with Crippen LogP contribution in [0.25, 0.3) is 0 Å². The molecule has 19 heavy (non-hydrogen) atoms. The molecule has 3 nitrogen and oxygen atoms in total. The predicted molar refractivity (Wildman–Crippen MR) is 81.9 cm³/mol. The Bertz CT molecular complexity index is 509. The molecule has 0 fully saturated rings. The highest BCUT2D eigenvalue weighted by molar-refractivity contribution is 9.10.